The minimum Gasteiger partial charge on any atom is -0.378 e. The monoisotopic (exact) mass is 464 g/mol. The van der Waals surface area contributed by atoms with Gasteiger partial charge in [0.25, 0.3) is 5.91 Å². The third-order valence-electron chi connectivity index (χ3n) is 5.82. The van der Waals surface area contributed by atoms with Crippen molar-refractivity contribution in [2.75, 3.05) is 36.5 Å². The van der Waals surface area contributed by atoms with Gasteiger partial charge in [-0.15, -0.1) is 0 Å². The van der Waals surface area contributed by atoms with E-state index in [0.717, 1.165) is 24.8 Å². The van der Waals surface area contributed by atoms with E-state index >= 15 is 0 Å². The lowest BCUT2D eigenvalue weighted by Gasteiger charge is -2.43. The van der Waals surface area contributed by atoms with Crippen LogP contribution < -0.4 is 21.1 Å². The molecule has 2 fully saturated rings. The summed E-state index contributed by atoms with van der Waals surface area (Å²) in [5.74, 6) is -2.48. The van der Waals surface area contributed by atoms with E-state index in [1.807, 2.05) is 16.4 Å². The van der Waals surface area contributed by atoms with Gasteiger partial charge in [-0.2, -0.15) is 8.78 Å². The smallest absolute Gasteiger partial charge is 0.317 e. The maximum absolute atomic E-state index is 14.5. The predicted octanol–water partition coefficient (Wildman–Crippen LogP) is 1.97. The first-order valence-electron chi connectivity index (χ1n) is 10.5. The van der Waals surface area contributed by atoms with Crippen molar-refractivity contribution in [3.05, 3.63) is 47.5 Å². The van der Waals surface area contributed by atoms with Crippen LogP contribution in [0.4, 0.5) is 24.8 Å². The highest BCUT2D eigenvalue weighted by molar-refractivity contribution is 5.95. The molecule has 2 amide bonds. The van der Waals surface area contributed by atoms with Crippen LogP contribution in [0.15, 0.2) is 30.6 Å². The number of ether oxygens (including phenoxy) is 1. The molecule has 1 aromatic heterocycles. The van der Waals surface area contributed by atoms with Gasteiger partial charge in [0.15, 0.2) is 0 Å². The van der Waals surface area contributed by atoms with Gasteiger partial charge in [-0.3, -0.25) is 20.4 Å². The van der Waals surface area contributed by atoms with E-state index in [-0.39, 0.29) is 17.3 Å². The molecule has 0 atom stereocenters. The highest BCUT2D eigenvalue weighted by atomic mass is 19.3. The molecule has 1 saturated carbocycles. The third kappa shape index (κ3) is 5.00. The Bertz CT molecular complexity index is 1010. The van der Waals surface area contributed by atoms with Gasteiger partial charge in [-0.1, -0.05) is 6.07 Å². The zero-order valence-corrected chi connectivity index (χ0v) is 17.6. The zero-order valence-electron chi connectivity index (χ0n) is 17.6. The minimum atomic E-state index is -3.25. The zero-order chi connectivity index (χ0) is 23.4. The summed E-state index contributed by atoms with van der Waals surface area (Å²) in [6, 6.07) is 5.06. The number of nitrogens with one attached hydrogen (secondary N) is 3. The molecule has 9 nitrogen and oxygen atoms in total. The number of hydrazine groups is 1. The second-order valence-corrected chi connectivity index (χ2v) is 7.87. The van der Waals surface area contributed by atoms with Gasteiger partial charge in [-0.25, -0.2) is 14.4 Å². The average Bonchev–Trinajstić information content (AvgIpc) is 2.81. The Kier molecular flexibility index (Phi) is 6.63. The van der Waals surface area contributed by atoms with Crippen LogP contribution in [0.25, 0.3) is 0 Å². The first kappa shape index (κ1) is 22.8. The SMILES string of the molecule is O=C(NNC(=O)C(F)F)c1cnc(NC2(c3ccc(F)c(N4CCOCC4)c3)CCC2)nc1. The van der Waals surface area contributed by atoms with Gasteiger partial charge >= 0.3 is 12.3 Å². The number of carbonyl (C=O) groups excluding carboxylic acids is 2. The van der Waals surface area contributed by atoms with E-state index in [0.29, 0.717) is 32.0 Å². The molecule has 176 valence electrons. The summed E-state index contributed by atoms with van der Waals surface area (Å²) in [5, 5.41) is 3.30. The molecule has 0 unspecified atom stereocenters. The van der Waals surface area contributed by atoms with E-state index in [9.17, 15) is 22.8 Å². The molecule has 1 aliphatic carbocycles. The lowest BCUT2D eigenvalue weighted by atomic mass is 9.71. The molecule has 0 spiro atoms. The number of rotatable bonds is 6. The molecule has 0 bridgehead atoms. The number of carbonyl (C=O) groups is 2. The molecule has 12 heteroatoms. The van der Waals surface area contributed by atoms with Gasteiger partial charge in [0, 0.05) is 25.5 Å². The fourth-order valence-electron chi connectivity index (χ4n) is 3.84. The predicted molar refractivity (Wildman–Crippen MR) is 112 cm³/mol. The highest BCUT2D eigenvalue weighted by Gasteiger charge is 2.40. The molecule has 2 heterocycles. The highest BCUT2D eigenvalue weighted by Crippen LogP contribution is 2.44. The van der Waals surface area contributed by atoms with Crippen molar-refractivity contribution in [3.63, 3.8) is 0 Å². The van der Waals surface area contributed by atoms with Gasteiger partial charge in [0.05, 0.1) is 30.0 Å². The Labute approximate surface area is 187 Å². The molecule has 1 saturated heterocycles. The lowest BCUT2D eigenvalue weighted by Crippen LogP contribution is -2.44. The summed E-state index contributed by atoms with van der Waals surface area (Å²) in [7, 11) is 0. The van der Waals surface area contributed by atoms with Crippen molar-refractivity contribution in [3.8, 4) is 0 Å². The molecule has 4 rings (SSSR count). The molecule has 1 aliphatic heterocycles. The Morgan fingerprint density at radius 3 is 2.39 bits per heavy atom. The standard InChI is InChI=1S/C21H23F3N6O3/c22-15-3-2-14(10-16(15)30-6-8-33-9-7-30)21(4-1-5-21)27-20-25-11-13(12-26-20)18(31)28-29-19(32)17(23)24/h2-3,10-12,17H,1,4-9H2,(H,28,31)(H,29,32)(H,25,26,27). The summed E-state index contributed by atoms with van der Waals surface area (Å²) in [6.07, 6.45) is 1.76. The molecule has 1 aromatic carbocycles. The lowest BCUT2D eigenvalue weighted by molar-refractivity contribution is -0.132. The molecule has 2 aliphatic rings. The summed E-state index contributed by atoms with van der Waals surface area (Å²) >= 11 is 0. The Hall–Kier alpha value is -3.41. The van der Waals surface area contributed by atoms with Crippen molar-refractivity contribution >= 4 is 23.5 Å². The number of alkyl halides is 2. The molecular formula is C21H23F3N6O3. The van der Waals surface area contributed by atoms with Gasteiger partial charge < -0.3 is 15.0 Å². The summed E-state index contributed by atoms with van der Waals surface area (Å²) in [4.78, 5) is 33.1. The van der Waals surface area contributed by atoms with E-state index < -0.39 is 23.8 Å². The van der Waals surface area contributed by atoms with E-state index in [1.54, 1.807) is 11.5 Å². The van der Waals surface area contributed by atoms with Gasteiger partial charge in [-0.05, 0) is 37.0 Å². The third-order valence-corrected chi connectivity index (χ3v) is 5.82. The van der Waals surface area contributed by atoms with Crippen LogP contribution in [0.3, 0.4) is 0 Å². The van der Waals surface area contributed by atoms with E-state index in [1.165, 1.54) is 18.5 Å². The first-order valence-corrected chi connectivity index (χ1v) is 10.5. The normalized spacial score (nSPS) is 17.3. The summed E-state index contributed by atoms with van der Waals surface area (Å²) < 4.78 is 44.3. The van der Waals surface area contributed by atoms with Crippen LogP contribution in [0, 0.1) is 5.82 Å². The van der Waals surface area contributed by atoms with Gasteiger partial charge in [0.2, 0.25) is 5.95 Å². The molecular weight excluding hydrogens is 441 g/mol. The number of morpholine rings is 1. The molecule has 33 heavy (non-hydrogen) atoms. The molecule has 3 N–H and O–H groups in total. The number of hydrogen-bond acceptors (Lipinski definition) is 7. The minimum absolute atomic E-state index is 0.0193. The Morgan fingerprint density at radius 2 is 1.79 bits per heavy atom. The van der Waals surface area contributed by atoms with Crippen molar-refractivity contribution in [1.82, 2.24) is 20.8 Å². The van der Waals surface area contributed by atoms with Crippen molar-refractivity contribution in [2.24, 2.45) is 0 Å². The van der Waals surface area contributed by atoms with Crippen molar-refractivity contribution in [2.45, 2.75) is 31.2 Å². The largest absolute Gasteiger partial charge is 0.378 e. The van der Waals surface area contributed by atoms with Crippen LogP contribution in [-0.4, -0.2) is 54.5 Å². The maximum atomic E-state index is 14.5. The van der Waals surface area contributed by atoms with Crippen LogP contribution in [-0.2, 0) is 15.1 Å². The Balaban J connectivity index is 1.46. The number of benzene rings is 1. The van der Waals surface area contributed by atoms with Crippen molar-refractivity contribution in [1.29, 1.82) is 0 Å². The average molecular weight is 464 g/mol. The van der Waals surface area contributed by atoms with Gasteiger partial charge in [0.1, 0.15) is 5.82 Å². The number of anilines is 2. The number of aromatic nitrogens is 2. The molecule has 0 radical (unpaired) electrons. The van der Waals surface area contributed by atoms with Crippen LogP contribution in [0.2, 0.25) is 0 Å². The topological polar surface area (TPSA) is 108 Å². The number of hydrogen-bond donors (Lipinski definition) is 3. The van der Waals surface area contributed by atoms with Crippen LogP contribution in [0.5, 0.6) is 0 Å². The van der Waals surface area contributed by atoms with Crippen LogP contribution >= 0.6 is 0 Å². The maximum Gasteiger partial charge on any atom is 0.317 e. The van der Waals surface area contributed by atoms with E-state index in [2.05, 4.69) is 15.3 Å². The number of amides is 2. The fourth-order valence-corrected chi connectivity index (χ4v) is 3.84. The van der Waals surface area contributed by atoms with E-state index in [4.69, 9.17) is 4.74 Å². The number of nitrogens with zero attached hydrogens (tertiary/aromatic N) is 3. The summed E-state index contributed by atoms with van der Waals surface area (Å²) in [5.41, 5.74) is 4.43. The Morgan fingerprint density at radius 1 is 1.09 bits per heavy atom. The fraction of sp³-hybridized carbons (Fsp3) is 0.429. The second-order valence-electron chi connectivity index (χ2n) is 7.87. The number of halogens is 3. The van der Waals surface area contributed by atoms with Crippen molar-refractivity contribution < 1.29 is 27.5 Å². The quantitative estimate of drug-likeness (QED) is 0.561. The second kappa shape index (κ2) is 9.61. The molecule has 2 aromatic rings. The first-order chi connectivity index (χ1) is 15.9. The van der Waals surface area contributed by atoms with Crippen LogP contribution in [0.1, 0.15) is 35.2 Å². The summed E-state index contributed by atoms with van der Waals surface area (Å²) in [6.45, 7) is 2.33.